The first-order valence-electron chi connectivity index (χ1n) is 10.3. The molecule has 0 heterocycles. The standard InChI is InChI=1S/C26H22ClNO4/c27-19-12-11-18(15-25(29)30)17(14-19)6-5-13-28-26(31)32-16-24-22-9-3-1-7-20(22)21-8-2-4-10-23(21)24/h1-12,14,24H,13,15-16H2,(H,28,31)(H,29,30). The summed E-state index contributed by atoms with van der Waals surface area (Å²) in [7, 11) is 0. The maximum absolute atomic E-state index is 12.2. The van der Waals surface area contributed by atoms with Crippen LogP contribution in [-0.4, -0.2) is 30.3 Å². The molecule has 5 nitrogen and oxygen atoms in total. The zero-order valence-corrected chi connectivity index (χ0v) is 18.0. The van der Waals surface area contributed by atoms with Crippen molar-refractivity contribution in [2.45, 2.75) is 12.3 Å². The van der Waals surface area contributed by atoms with Crippen LogP contribution in [0.5, 0.6) is 0 Å². The van der Waals surface area contributed by atoms with Crippen LogP contribution in [0.25, 0.3) is 17.2 Å². The molecule has 0 aliphatic heterocycles. The van der Waals surface area contributed by atoms with Crippen molar-refractivity contribution in [1.82, 2.24) is 5.32 Å². The molecule has 0 aromatic heterocycles. The van der Waals surface area contributed by atoms with Gasteiger partial charge in [0.2, 0.25) is 0 Å². The number of hydrogen-bond donors (Lipinski definition) is 2. The lowest BCUT2D eigenvalue weighted by atomic mass is 9.98. The van der Waals surface area contributed by atoms with Gasteiger partial charge in [0.15, 0.2) is 0 Å². The molecule has 0 bridgehead atoms. The van der Waals surface area contributed by atoms with Crippen molar-refractivity contribution >= 4 is 29.7 Å². The largest absolute Gasteiger partial charge is 0.481 e. The summed E-state index contributed by atoms with van der Waals surface area (Å²) in [6.45, 7) is 0.496. The van der Waals surface area contributed by atoms with Crippen molar-refractivity contribution in [1.29, 1.82) is 0 Å². The third-order valence-corrected chi connectivity index (χ3v) is 5.69. The van der Waals surface area contributed by atoms with Crippen molar-refractivity contribution < 1.29 is 19.4 Å². The van der Waals surface area contributed by atoms with Gasteiger partial charge in [-0.25, -0.2) is 4.79 Å². The number of halogens is 1. The Labute approximate surface area is 191 Å². The van der Waals surface area contributed by atoms with Gasteiger partial charge in [-0.3, -0.25) is 4.79 Å². The molecule has 0 radical (unpaired) electrons. The summed E-state index contributed by atoms with van der Waals surface area (Å²) in [5, 5.41) is 12.3. The van der Waals surface area contributed by atoms with Crippen molar-refractivity contribution in [3.05, 3.63) is 100 Å². The molecular weight excluding hydrogens is 426 g/mol. The number of nitrogens with one attached hydrogen (secondary N) is 1. The van der Waals surface area contributed by atoms with Gasteiger partial charge in [-0.05, 0) is 45.5 Å². The van der Waals surface area contributed by atoms with E-state index in [-0.39, 0.29) is 25.5 Å². The molecule has 4 rings (SSSR count). The second-order valence-corrected chi connectivity index (χ2v) is 7.96. The van der Waals surface area contributed by atoms with Crippen LogP contribution in [0.2, 0.25) is 5.02 Å². The molecular formula is C26H22ClNO4. The van der Waals surface area contributed by atoms with Crippen LogP contribution >= 0.6 is 11.6 Å². The lowest BCUT2D eigenvalue weighted by Gasteiger charge is -2.14. The third kappa shape index (κ3) is 4.84. The summed E-state index contributed by atoms with van der Waals surface area (Å²) in [5.74, 6) is -0.910. The second kappa shape index (κ2) is 9.71. The summed E-state index contributed by atoms with van der Waals surface area (Å²) in [6.07, 6.45) is 2.87. The molecule has 0 saturated heterocycles. The van der Waals surface area contributed by atoms with E-state index in [0.29, 0.717) is 16.1 Å². The Morgan fingerprint density at radius 1 is 1.00 bits per heavy atom. The van der Waals surface area contributed by atoms with E-state index in [9.17, 15) is 9.59 Å². The molecule has 1 amide bonds. The van der Waals surface area contributed by atoms with Gasteiger partial charge in [-0.15, -0.1) is 0 Å². The summed E-state index contributed by atoms with van der Waals surface area (Å²) < 4.78 is 5.50. The van der Waals surface area contributed by atoms with E-state index >= 15 is 0 Å². The topological polar surface area (TPSA) is 75.6 Å². The SMILES string of the molecule is O=C(O)Cc1ccc(Cl)cc1C=CCNC(=O)OCC1c2ccccc2-c2ccccc21. The molecule has 162 valence electrons. The molecule has 1 aliphatic carbocycles. The van der Waals surface area contributed by atoms with Crippen molar-refractivity contribution in [2.75, 3.05) is 13.2 Å². The van der Waals surface area contributed by atoms with Crippen molar-refractivity contribution in [3.8, 4) is 11.1 Å². The molecule has 6 heteroatoms. The zero-order valence-electron chi connectivity index (χ0n) is 17.3. The van der Waals surface area contributed by atoms with E-state index in [1.807, 2.05) is 24.3 Å². The van der Waals surface area contributed by atoms with Gasteiger partial charge in [-0.2, -0.15) is 0 Å². The number of hydrogen-bond acceptors (Lipinski definition) is 3. The number of amides is 1. The lowest BCUT2D eigenvalue weighted by Crippen LogP contribution is -2.26. The summed E-state index contributed by atoms with van der Waals surface area (Å²) in [4.78, 5) is 23.3. The number of carbonyl (C=O) groups is 2. The summed E-state index contributed by atoms with van der Waals surface area (Å²) in [6, 6.07) is 21.4. The van der Waals surface area contributed by atoms with E-state index < -0.39 is 12.1 Å². The van der Waals surface area contributed by atoms with Crippen LogP contribution in [0.15, 0.2) is 72.8 Å². The molecule has 0 saturated carbocycles. The fraction of sp³-hybridized carbons (Fsp3) is 0.154. The number of carbonyl (C=O) groups excluding carboxylic acids is 1. The molecule has 0 fully saturated rings. The maximum Gasteiger partial charge on any atom is 0.407 e. The van der Waals surface area contributed by atoms with Gasteiger partial charge in [0.05, 0.1) is 6.42 Å². The second-order valence-electron chi connectivity index (χ2n) is 7.52. The highest BCUT2D eigenvalue weighted by Crippen LogP contribution is 2.44. The smallest absolute Gasteiger partial charge is 0.407 e. The molecule has 0 spiro atoms. The van der Waals surface area contributed by atoms with E-state index in [1.165, 1.54) is 11.1 Å². The fourth-order valence-electron chi connectivity index (χ4n) is 4.02. The first-order chi connectivity index (χ1) is 15.5. The maximum atomic E-state index is 12.2. The number of fused-ring (bicyclic) bond motifs is 3. The molecule has 3 aromatic carbocycles. The van der Waals surface area contributed by atoms with Gasteiger partial charge in [0.1, 0.15) is 6.61 Å². The quantitative estimate of drug-likeness (QED) is 0.500. The van der Waals surface area contributed by atoms with E-state index in [1.54, 1.807) is 30.4 Å². The highest BCUT2D eigenvalue weighted by Gasteiger charge is 2.28. The van der Waals surface area contributed by atoms with Gasteiger partial charge < -0.3 is 15.2 Å². The van der Waals surface area contributed by atoms with E-state index in [4.69, 9.17) is 21.4 Å². The Morgan fingerprint density at radius 3 is 2.31 bits per heavy atom. The van der Waals surface area contributed by atoms with E-state index in [0.717, 1.165) is 11.1 Å². The number of carboxylic acids is 1. The summed E-state index contributed by atoms with van der Waals surface area (Å²) >= 11 is 6.02. The molecule has 1 aliphatic rings. The van der Waals surface area contributed by atoms with Gasteiger partial charge >= 0.3 is 12.1 Å². The van der Waals surface area contributed by atoms with Crippen molar-refractivity contribution in [2.24, 2.45) is 0 Å². The van der Waals surface area contributed by atoms with Gasteiger partial charge in [0, 0.05) is 17.5 Å². The third-order valence-electron chi connectivity index (χ3n) is 5.45. The van der Waals surface area contributed by atoms with Crippen LogP contribution in [-0.2, 0) is 16.0 Å². The Bertz CT molecular complexity index is 1140. The Kier molecular flexibility index (Phi) is 6.57. The normalized spacial score (nSPS) is 12.4. The zero-order chi connectivity index (χ0) is 22.5. The van der Waals surface area contributed by atoms with Crippen LogP contribution in [0.3, 0.4) is 0 Å². The fourth-order valence-corrected chi connectivity index (χ4v) is 4.20. The molecule has 0 atom stereocenters. The first-order valence-corrected chi connectivity index (χ1v) is 10.7. The Balaban J connectivity index is 1.34. The van der Waals surface area contributed by atoms with E-state index in [2.05, 4.69) is 29.6 Å². The van der Waals surface area contributed by atoms with Gasteiger partial charge in [-0.1, -0.05) is 78.4 Å². The number of alkyl carbamates (subject to hydrolysis) is 1. The number of benzene rings is 3. The molecule has 3 aromatic rings. The number of rotatable bonds is 7. The predicted octanol–water partition coefficient (Wildman–Crippen LogP) is 5.52. The molecule has 32 heavy (non-hydrogen) atoms. The van der Waals surface area contributed by atoms with Crippen LogP contribution in [0.1, 0.15) is 28.2 Å². The first kappa shape index (κ1) is 21.7. The average Bonchev–Trinajstić information content (AvgIpc) is 3.10. The van der Waals surface area contributed by atoms with Crippen LogP contribution < -0.4 is 5.32 Å². The minimum atomic E-state index is -0.918. The molecule has 2 N–H and O–H groups in total. The van der Waals surface area contributed by atoms with Crippen LogP contribution in [0, 0.1) is 0 Å². The highest BCUT2D eigenvalue weighted by atomic mass is 35.5. The van der Waals surface area contributed by atoms with Crippen molar-refractivity contribution in [3.63, 3.8) is 0 Å². The summed E-state index contributed by atoms with van der Waals surface area (Å²) in [5.41, 5.74) is 6.03. The highest BCUT2D eigenvalue weighted by molar-refractivity contribution is 6.30. The van der Waals surface area contributed by atoms with Crippen LogP contribution in [0.4, 0.5) is 4.79 Å². The Morgan fingerprint density at radius 2 is 1.66 bits per heavy atom. The number of ether oxygens (including phenoxy) is 1. The number of aliphatic carboxylic acids is 1. The van der Waals surface area contributed by atoms with Gasteiger partial charge in [0.25, 0.3) is 0 Å². The lowest BCUT2D eigenvalue weighted by molar-refractivity contribution is -0.136. The predicted molar refractivity (Wildman–Crippen MR) is 125 cm³/mol. The minimum absolute atomic E-state index is 0.00808. The minimum Gasteiger partial charge on any atom is -0.481 e. The average molecular weight is 448 g/mol. The monoisotopic (exact) mass is 447 g/mol. The number of carboxylic acid groups (broad SMARTS) is 1. The molecule has 0 unspecified atom stereocenters. The Hall–Kier alpha value is -3.57.